The highest BCUT2D eigenvalue weighted by molar-refractivity contribution is 6.12. The number of alkyl halides is 3. The van der Waals surface area contributed by atoms with Gasteiger partial charge in [0.05, 0.1) is 11.3 Å². The Bertz CT molecular complexity index is 723. The molecule has 0 spiro atoms. The lowest BCUT2D eigenvalue weighted by Crippen LogP contribution is -2.24. The van der Waals surface area contributed by atoms with Gasteiger partial charge in [-0.3, -0.25) is 9.79 Å². The summed E-state index contributed by atoms with van der Waals surface area (Å²) in [6.07, 6.45) is 2.71. The van der Waals surface area contributed by atoms with E-state index in [4.69, 9.17) is 0 Å². The molecule has 0 fully saturated rings. The van der Waals surface area contributed by atoms with Crippen molar-refractivity contribution in [3.05, 3.63) is 71.0 Å². The highest BCUT2D eigenvalue weighted by atomic mass is 19.4. The lowest BCUT2D eigenvalue weighted by atomic mass is 10.0. The first-order valence-electron chi connectivity index (χ1n) is 6.87. The van der Waals surface area contributed by atoms with Crippen molar-refractivity contribution in [2.75, 3.05) is 7.05 Å². The third-order valence-corrected chi connectivity index (χ3v) is 3.31. The van der Waals surface area contributed by atoms with E-state index in [1.54, 1.807) is 19.2 Å². The van der Waals surface area contributed by atoms with Gasteiger partial charge in [-0.1, -0.05) is 12.2 Å². The molecule has 0 saturated carbocycles. The largest absolute Gasteiger partial charge is 0.416 e. The number of rotatable bonds is 2. The zero-order valence-corrected chi connectivity index (χ0v) is 12.6. The molecule has 2 rings (SSSR count). The van der Waals surface area contributed by atoms with Gasteiger partial charge in [-0.15, -0.1) is 0 Å². The maximum absolute atomic E-state index is 12.5. The van der Waals surface area contributed by atoms with Gasteiger partial charge >= 0.3 is 6.18 Å². The highest BCUT2D eigenvalue weighted by Gasteiger charge is 2.30. The topological polar surface area (TPSA) is 41.5 Å². The number of halogens is 3. The molecule has 0 bridgehead atoms. The van der Waals surface area contributed by atoms with Gasteiger partial charge in [-0.05, 0) is 48.9 Å². The van der Waals surface area contributed by atoms with E-state index < -0.39 is 17.6 Å². The van der Waals surface area contributed by atoms with Crippen LogP contribution in [0.25, 0.3) is 0 Å². The number of hydrogen-bond acceptors (Lipinski definition) is 2. The summed E-state index contributed by atoms with van der Waals surface area (Å²) in [7, 11) is 1.64. The molecule has 23 heavy (non-hydrogen) atoms. The molecule has 1 N–H and O–H groups in total. The van der Waals surface area contributed by atoms with E-state index in [0.717, 1.165) is 35.6 Å². The smallest absolute Gasteiger partial charge is 0.322 e. The third kappa shape index (κ3) is 3.97. The standard InChI is InChI=1S/C17H15F3N2O/c1-3-11-6-9-14(10-15(11)21-2)22-16(23)12-4-7-13(8-5-12)17(18,19)20/h3-10H,1-2H3,(H,22,23)/b11-3-,21-15?. The molecule has 0 atom stereocenters. The minimum atomic E-state index is -4.42. The van der Waals surface area contributed by atoms with Gasteiger partial charge in [-0.2, -0.15) is 13.2 Å². The maximum Gasteiger partial charge on any atom is 0.416 e. The summed E-state index contributed by atoms with van der Waals surface area (Å²) in [5.74, 6) is -0.478. The molecule has 1 aliphatic rings. The van der Waals surface area contributed by atoms with E-state index in [1.807, 2.05) is 19.1 Å². The van der Waals surface area contributed by atoms with Crippen LogP contribution in [0.4, 0.5) is 13.2 Å². The summed E-state index contributed by atoms with van der Waals surface area (Å²) < 4.78 is 37.5. The van der Waals surface area contributed by atoms with Crippen LogP contribution in [0.1, 0.15) is 22.8 Å². The van der Waals surface area contributed by atoms with E-state index in [9.17, 15) is 18.0 Å². The molecule has 120 valence electrons. The van der Waals surface area contributed by atoms with Crippen LogP contribution in [0.15, 0.2) is 64.8 Å². The normalized spacial score (nSPS) is 18.2. The summed E-state index contributed by atoms with van der Waals surface area (Å²) in [6.45, 7) is 1.88. The fourth-order valence-electron chi connectivity index (χ4n) is 2.07. The van der Waals surface area contributed by atoms with E-state index in [0.29, 0.717) is 5.70 Å². The average molecular weight is 320 g/mol. The number of benzene rings is 1. The van der Waals surface area contributed by atoms with Gasteiger partial charge in [-0.25, -0.2) is 0 Å². The molecular formula is C17H15F3N2O. The second-order valence-corrected chi connectivity index (χ2v) is 4.82. The van der Waals surface area contributed by atoms with Crippen molar-refractivity contribution in [1.82, 2.24) is 5.32 Å². The molecule has 1 aromatic carbocycles. The highest BCUT2D eigenvalue weighted by Crippen LogP contribution is 2.29. The number of hydrogen-bond donors (Lipinski definition) is 1. The Hall–Kier alpha value is -2.63. The Morgan fingerprint density at radius 2 is 1.83 bits per heavy atom. The van der Waals surface area contributed by atoms with Crippen molar-refractivity contribution in [3.63, 3.8) is 0 Å². The van der Waals surface area contributed by atoms with Gasteiger partial charge in [0, 0.05) is 18.3 Å². The Balaban J connectivity index is 2.14. The van der Waals surface area contributed by atoms with Crippen LogP contribution < -0.4 is 5.32 Å². The molecule has 3 nitrogen and oxygen atoms in total. The van der Waals surface area contributed by atoms with E-state index in [-0.39, 0.29) is 5.56 Å². The molecule has 1 aliphatic carbocycles. The van der Waals surface area contributed by atoms with Crippen molar-refractivity contribution >= 4 is 11.6 Å². The van der Waals surface area contributed by atoms with Crippen LogP contribution in [0.5, 0.6) is 0 Å². The number of amides is 1. The molecule has 0 radical (unpaired) electrons. The summed E-state index contributed by atoms with van der Waals surface area (Å²) in [4.78, 5) is 16.2. The van der Waals surface area contributed by atoms with E-state index >= 15 is 0 Å². The fourth-order valence-corrected chi connectivity index (χ4v) is 2.07. The SMILES string of the molecule is C/C=C1/C=CC(NC(=O)c2ccc(C(F)(F)F)cc2)=CC1=NC. The van der Waals surface area contributed by atoms with Gasteiger partial charge in [0.2, 0.25) is 0 Å². The number of nitrogens with one attached hydrogen (secondary N) is 1. The Morgan fingerprint density at radius 3 is 2.35 bits per heavy atom. The Morgan fingerprint density at radius 1 is 1.17 bits per heavy atom. The van der Waals surface area contributed by atoms with Crippen molar-refractivity contribution in [2.45, 2.75) is 13.1 Å². The molecule has 6 heteroatoms. The van der Waals surface area contributed by atoms with Gasteiger partial charge in [0.15, 0.2) is 0 Å². The van der Waals surface area contributed by atoms with Crippen LogP contribution in [0.3, 0.4) is 0 Å². The Labute approximate surface area is 131 Å². The van der Waals surface area contributed by atoms with Crippen LogP contribution in [0, 0.1) is 0 Å². The van der Waals surface area contributed by atoms with Gasteiger partial charge < -0.3 is 5.32 Å². The minimum absolute atomic E-state index is 0.152. The molecule has 1 aromatic rings. The molecule has 0 heterocycles. The van der Waals surface area contributed by atoms with Crippen LogP contribution in [-0.4, -0.2) is 18.7 Å². The van der Waals surface area contributed by atoms with Gasteiger partial charge in [0.25, 0.3) is 5.91 Å². The first-order chi connectivity index (χ1) is 10.8. The number of allylic oxidation sites excluding steroid dienone is 5. The fraction of sp³-hybridized carbons (Fsp3) is 0.176. The van der Waals surface area contributed by atoms with Crippen LogP contribution >= 0.6 is 0 Å². The molecule has 1 amide bonds. The van der Waals surface area contributed by atoms with Crippen molar-refractivity contribution in [1.29, 1.82) is 0 Å². The number of carbonyl (C=O) groups excluding carboxylic acids is 1. The van der Waals surface area contributed by atoms with E-state index in [2.05, 4.69) is 10.3 Å². The second-order valence-electron chi connectivity index (χ2n) is 4.82. The predicted octanol–water partition coefficient (Wildman–Crippen LogP) is 3.91. The molecule has 0 aliphatic heterocycles. The van der Waals surface area contributed by atoms with Crippen molar-refractivity contribution < 1.29 is 18.0 Å². The first-order valence-corrected chi connectivity index (χ1v) is 6.87. The lowest BCUT2D eigenvalue weighted by molar-refractivity contribution is -0.137. The quantitative estimate of drug-likeness (QED) is 0.882. The zero-order chi connectivity index (χ0) is 17.0. The molecule has 0 aromatic heterocycles. The van der Waals surface area contributed by atoms with E-state index in [1.165, 1.54) is 0 Å². The molecule has 0 saturated heterocycles. The summed E-state index contributed by atoms with van der Waals surface area (Å²) >= 11 is 0. The predicted molar refractivity (Wildman–Crippen MR) is 83.2 cm³/mol. The third-order valence-electron chi connectivity index (χ3n) is 3.31. The first kappa shape index (κ1) is 16.7. The summed E-state index contributed by atoms with van der Waals surface area (Å²) in [6, 6.07) is 4.07. The Kier molecular flexibility index (Phi) is 4.83. The zero-order valence-electron chi connectivity index (χ0n) is 12.6. The summed E-state index contributed by atoms with van der Waals surface area (Å²) in [5.41, 5.74) is 1.54. The van der Waals surface area contributed by atoms with Gasteiger partial charge in [0.1, 0.15) is 0 Å². The minimum Gasteiger partial charge on any atom is -0.322 e. The second kappa shape index (κ2) is 6.64. The molecular weight excluding hydrogens is 305 g/mol. The molecule has 0 unspecified atom stereocenters. The monoisotopic (exact) mass is 320 g/mol. The van der Waals surface area contributed by atoms with Crippen LogP contribution in [-0.2, 0) is 6.18 Å². The van der Waals surface area contributed by atoms with Crippen molar-refractivity contribution in [3.8, 4) is 0 Å². The lowest BCUT2D eigenvalue weighted by Gasteiger charge is -2.13. The summed E-state index contributed by atoms with van der Waals surface area (Å²) in [5, 5.41) is 2.65. The number of carbonyl (C=O) groups is 1. The van der Waals surface area contributed by atoms with Crippen molar-refractivity contribution in [2.24, 2.45) is 4.99 Å². The number of nitrogens with zero attached hydrogens (tertiary/aromatic N) is 1. The average Bonchev–Trinajstić information content (AvgIpc) is 2.54. The maximum atomic E-state index is 12.5. The van der Waals surface area contributed by atoms with Crippen LogP contribution in [0.2, 0.25) is 0 Å². The number of aliphatic imine (C=N–C) groups is 1.